The van der Waals surface area contributed by atoms with Crippen LogP contribution in [0.4, 0.5) is 0 Å². The average molecular weight is 216 g/mol. The van der Waals surface area contributed by atoms with Crippen LogP contribution < -0.4 is 0 Å². The summed E-state index contributed by atoms with van der Waals surface area (Å²) in [5.74, 6) is 0. The van der Waals surface area contributed by atoms with Crippen molar-refractivity contribution in [1.29, 1.82) is 0 Å². The standard InChI is InChI=1S/C10H8N4S/c1-3-11-4-2-9(1)7-13-14-8-10-12-5-6-15-10/h1-8H/b13-7?,14-8+. The van der Waals surface area contributed by atoms with Gasteiger partial charge in [0, 0.05) is 24.0 Å². The molecule has 4 nitrogen and oxygen atoms in total. The van der Waals surface area contributed by atoms with E-state index in [0.717, 1.165) is 10.6 Å². The van der Waals surface area contributed by atoms with Crippen molar-refractivity contribution in [2.75, 3.05) is 0 Å². The lowest BCUT2D eigenvalue weighted by atomic mass is 10.3. The summed E-state index contributed by atoms with van der Waals surface area (Å²) in [5.41, 5.74) is 0.973. The molecule has 5 heteroatoms. The summed E-state index contributed by atoms with van der Waals surface area (Å²) in [5, 5.41) is 10.5. The molecule has 74 valence electrons. The molecule has 0 atom stereocenters. The Morgan fingerprint density at radius 1 is 1.07 bits per heavy atom. The molecule has 0 bridgehead atoms. The predicted octanol–water partition coefficient (Wildman–Crippen LogP) is 1.99. The van der Waals surface area contributed by atoms with Gasteiger partial charge in [-0.15, -0.1) is 11.3 Å². The Balaban J connectivity index is 1.96. The molecular formula is C10H8N4S. The van der Waals surface area contributed by atoms with Crippen LogP contribution >= 0.6 is 11.3 Å². The third-order valence-electron chi connectivity index (χ3n) is 1.60. The van der Waals surface area contributed by atoms with Crippen molar-refractivity contribution in [1.82, 2.24) is 9.97 Å². The second-order valence-electron chi connectivity index (χ2n) is 2.64. The molecule has 0 unspecified atom stereocenters. The number of hydrogen-bond acceptors (Lipinski definition) is 5. The van der Waals surface area contributed by atoms with Gasteiger partial charge in [-0.2, -0.15) is 10.2 Å². The van der Waals surface area contributed by atoms with Gasteiger partial charge in [-0.1, -0.05) is 0 Å². The first-order valence-electron chi connectivity index (χ1n) is 4.31. The van der Waals surface area contributed by atoms with Crippen LogP contribution in [0.1, 0.15) is 10.6 Å². The number of pyridine rings is 1. The molecule has 2 heterocycles. The maximum atomic E-state index is 4.05. The number of thiazole rings is 1. The molecular weight excluding hydrogens is 208 g/mol. The highest BCUT2D eigenvalue weighted by Gasteiger charge is 1.86. The van der Waals surface area contributed by atoms with Crippen molar-refractivity contribution in [3.8, 4) is 0 Å². The summed E-state index contributed by atoms with van der Waals surface area (Å²) in [7, 11) is 0. The van der Waals surface area contributed by atoms with Gasteiger partial charge in [0.25, 0.3) is 0 Å². The third kappa shape index (κ3) is 3.07. The Bertz CT molecular complexity index is 448. The van der Waals surface area contributed by atoms with Crippen LogP contribution in [0.3, 0.4) is 0 Å². The average Bonchev–Trinajstić information content (AvgIpc) is 2.79. The maximum absolute atomic E-state index is 4.05. The second-order valence-corrected chi connectivity index (χ2v) is 3.57. The normalized spacial score (nSPS) is 11.5. The lowest BCUT2D eigenvalue weighted by Crippen LogP contribution is -1.80. The van der Waals surface area contributed by atoms with Gasteiger partial charge in [0.15, 0.2) is 0 Å². The molecule has 0 aliphatic carbocycles. The Labute approximate surface area is 91.1 Å². The van der Waals surface area contributed by atoms with Crippen LogP contribution in [0.2, 0.25) is 0 Å². The van der Waals surface area contributed by atoms with E-state index in [9.17, 15) is 0 Å². The van der Waals surface area contributed by atoms with E-state index in [2.05, 4.69) is 20.2 Å². The third-order valence-corrected chi connectivity index (χ3v) is 2.31. The summed E-state index contributed by atoms with van der Waals surface area (Å²) >= 11 is 1.52. The lowest BCUT2D eigenvalue weighted by molar-refractivity contribution is 1.25. The van der Waals surface area contributed by atoms with Crippen LogP contribution in [-0.2, 0) is 0 Å². The smallest absolute Gasteiger partial charge is 0.136 e. The fourth-order valence-corrected chi connectivity index (χ4v) is 1.42. The molecule has 0 aliphatic heterocycles. The van der Waals surface area contributed by atoms with Gasteiger partial charge in [0.1, 0.15) is 5.01 Å². The minimum Gasteiger partial charge on any atom is -0.265 e. The first-order valence-corrected chi connectivity index (χ1v) is 5.19. The van der Waals surface area contributed by atoms with Crippen molar-refractivity contribution in [2.24, 2.45) is 10.2 Å². The van der Waals surface area contributed by atoms with E-state index < -0.39 is 0 Å². The molecule has 0 saturated carbocycles. The van der Waals surface area contributed by atoms with Crippen LogP contribution in [0, 0.1) is 0 Å². The molecule has 2 rings (SSSR count). The molecule has 0 radical (unpaired) electrons. The maximum Gasteiger partial charge on any atom is 0.136 e. The van der Waals surface area contributed by atoms with Gasteiger partial charge < -0.3 is 0 Å². The van der Waals surface area contributed by atoms with Gasteiger partial charge in [0.05, 0.1) is 12.4 Å². The molecule has 0 amide bonds. The topological polar surface area (TPSA) is 50.5 Å². The minimum atomic E-state index is 0.849. The largest absolute Gasteiger partial charge is 0.265 e. The second kappa shape index (κ2) is 5.11. The molecule has 15 heavy (non-hydrogen) atoms. The molecule has 2 aromatic rings. The van der Waals surface area contributed by atoms with E-state index >= 15 is 0 Å². The van der Waals surface area contributed by atoms with Gasteiger partial charge >= 0.3 is 0 Å². The van der Waals surface area contributed by atoms with Crippen LogP contribution in [0.25, 0.3) is 0 Å². The van der Waals surface area contributed by atoms with E-state index in [1.54, 1.807) is 31.0 Å². The summed E-state index contributed by atoms with van der Waals surface area (Å²) in [6.07, 6.45) is 8.46. The SMILES string of the molecule is C(=N/N=C/c1nccs1)c1ccncc1. The van der Waals surface area contributed by atoms with E-state index in [1.165, 1.54) is 11.3 Å². The quantitative estimate of drug-likeness (QED) is 0.582. The molecule has 0 fully saturated rings. The minimum absolute atomic E-state index is 0.849. The zero-order valence-corrected chi connectivity index (χ0v) is 8.63. The Hall–Kier alpha value is -1.88. The van der Waals surface area contributed by atoms with Crippen molar-refractivity contribution >= 4 is 23.8 Å². The highest BCUT2D eigenvalue weighted by molar-refractivity contribution is 7.11. The van der Waals surface area contributed by atoms with Gasteiger partial charge in [-0.05, 0) is 17.7 Å². The summed E-state index contributed by atoms with van der Waals surface area (Å²) in [6, 6.07) is 3.73. The molecule has 0 aliphatic rings. The molecule has 0 aromatic carbocycles. The van der Waals surface area contributed by atoms with Crippen molar-refractivity contribution < 1.29 is 0 Å². The van der Waals surface area contributed by atoms with E-state index in [0.29, 0.717) is 0 Å². The molecule has 0 saturated heterocycles. The summed E-state index contributed by atoms with van der Waals surface area (Å²) in [4.78, 5) is 7.95. The molecule has 0 spiro atoms. The van der Waals surface area contributed by atoms with E-state index in [-0.39, 0.29) is 0 Å². The van der Waals surface area contributed by atoms with E-state index in [1.807, 2.05) is 17.5 Å². The Morgan fingerprint density at radius 3 is 2.60 bits per heavy atom. The highest BCUT2D eigenvalue weighted by Crippen LogP contribution is 1.99. The van der Waals surface area contributed by atoms with Gasteiger partial charge in [-0.3, -0.25) is 4.98 Å². The van der Waals surface area contributed by atoms with Crippen molar-refractivity contribution in [3.63, 3.8) is 0 Å². The summed E-state index contributed by atoms with van der Waals surface area (Å²) < 4.78 is 0. The molecule has 2 aromatic heterocycles. The van der Waals surface area contributed by atoms with Crippen LogP contribution in [0.5, 0.6) is 0 Å². The van der Waals surface area contributed by atoms with Crippen molar-refractivity contribution in [3.05, 3.63) is 46.7 Å². The number of nitrogens with zero attached hydrogens (tertiary/aromatic N) is 4. The van der Waals surface area contributed by atoms with Crippen LogP contribution in [-0.4, -0.2) is 22.4 Å². The van der Waals surface area contributed by atoms with Gasteiger partial charge in [-0.25, -0.2) is 4.98 Å². The predicted molar refractivity (Wildman–Crippen MR) is 61.5 cm³/mol. The van der Waals surface area contributed by atoms with Crippen LogP contribution in [0.15, 0.2) is 46.3 Å². The lowest BCUT2D eigenvalue weighted by Gasteiger charge is -1.86. The monoisotopic (exact) mass is 216 g/mol. The number of aromatic nitrogens is 2. The Kier molecular flexibility index (Phi) is 3.30. The number of rotatable bonds is 3. The van der Waals surface area contributed by atoms with E-state index in [4.69, 9.17) is 0 Å². The highest BCUT2D eigenvalue weighted by atomic mass is 32.1. The fourth-order valence-electron chi connectivity index (χ4n) is 0.930. The van der Waals surface area contributed by atoms with Crippen molar-refractivity contribution in [2.45, 2.75) is 0 Å². The first kappa shape index (κ1) is 9.67. The zero-order valence-electron chi connectivity index (χ0n) is 7.82. The Morgan fingerprint density at radius 2 is 1.87 bits per heavy atom. The zero-order chi connectivity index (χ0) is 10.3. The number of hydrogen-bond donors (Lipinski definition) is 0. The first-order chi connectivity index (χ1) is 7.45. The fraction of sp³-hybridized carbons (Fsp3) is 0. The summed E-state index contributed by atoms with van der Waals surface area (Å²) in [6.45, 7) is 0. The van der Waals surface area contributed by atoms with Gasteiger partial charge in [0.2, 0.25) is 0 Å². The molecule has 0 N–H and O–H groups in total.